The Morgan fingerprint density at radius 2 is 1.69 bits per heavy atom. The second-order valence-electron chi connectivity index (χ2n) is 10.2. The summed E-state index contributed by atoms with van der Waals surface area (Å²) in [7, 11) is 0. The standard InChI is InChI=1S/C29H35NO6/c1-7-29(8-2,21-11-12-22(18(3)13-21)35-17-24(31)28(4,5)6)25-15-19-9-10-20(14-23(19)36-25)27(34)30-16-26(32)33/h9-15H,7-8,16-17H2,1-6H3,(H,30,34)(H,32,33). The first-order valence-electron chi connectivity index (χ1n) is 12.2. The lowest BCUT2D eigenvalue weighted by atomic mass is 9.73. The SMILES string of the molecule is CCC(CC)(c1ccc(OCC(=O)C(C)(C)C)c(C)c1)c1cc2ccc(C(=O)NCC(=O)O)cc2o1. The fraction of sp³-hybridized carbons (Fsp3) is 0.414. The molecule has 1 aromatic heterocycles. The van der Waals surface area contributed by atoms with Gasteiger partial charge in [-0.1, -0.05) is 52.8 Å². The van der Waals surface area contributed by atoms with Crippen LogP contribution in [0.4, 0.5) is 0 Å². The molecule has 3 aromatic rings. The fourth-order valence-electron chi connectivity index (χ4n) is 4.28. The van der Waals surface area contributed by atoms with Crippen molar-refractivity contribution in [3.8, 4) is 5.75 Å². The highest BCUT2D eigenvalue weighted by Gasteiger charge is 2.35. The van der Waals surface area contributed by atoms with Crippen LogP contribution in [-0.4, -0.2) is 35.9 Å². The molecule has 0 spiro atoms. The van der Waals surface area contributed by atoms with Gasteiger partial charge in [-0.05, 0) is 55.2 Å². The van der Waals surface area contributed by atoms with E-state index in [2.05, 4.69) is 25.2 Å². The molecule has 0 saturated heterocycles. The van der Waals surface area contributed by atoms with Crippen molar-refractivity contribution in [1.29, 1.82) is 0 Å². The molecule has 1 amide bonds. The van der Waals surface area contributed by atoms with Gasteiger partial charge in [0.25, 0.3) is 5.91 Å². The molecule has 0 aliphatic rings. The first-order chi connectivity index (χ1) is 16.9. The van der Waals surface area contributed by atoms with Gasteiger partial charge in [-0.25, -0.2) is 0 Å². The molecule has 1 heterocycles. The molecule has 0 atom stereocenters. The Labute approximate surface area is 211 Å². The van der Waals surface area contributed by atoms with Crippen LogP contribution in [0.15, 0.2) is 46.9 Å². The van der Waals surface area contributed by atoms with E-state index in [-0.39, 0.29) is 12.4 Å². The number of carbonyl (C=O) groups excluding carboxylic acids is 2. The average Bonchev–Trinajstić information content (AvgIpc) is 3.26. The summed E-state index contributed by atoms with van der Waals surface area (Å²) in [6, 6.07) is 13.1. The average molecular weight is 494 g/mol. The highest BCUT2D eigenvalue weighted by atomic mass is 16.5. The molecule has 7 nitrogen and oxygen atoms in total. The Balaban J connectivity index is 1.92. The van der Waals surface area contributed by atoms with Gasteiger partial charge in [0.2, 0.25) is 0 Å². The number of nitrogens with one attached hydrogen (secondary N) is 1. The Kier molecular flexibility index (Phi) is 7.92. The maximum absolute atomic E-state index is 12.3. The summed E-state index contributed by atoms with van der Waals surface area (Å²) >= 11 is 0. The lowest BCUT2D eigenvalue weighted by molar-refractivity contribution is -0.135. The number of amides is 1. The van der Waals surface area contributed by atoms with Crippen LogP contribution in [0.1, 0.15) is 74.7 Å². The fourth-order valence-corrected chi connectivity index (χ4v) is 4.28. The number of rotatable bonds is 10. The number of fused-ring (bicyclic) bond motifs is 1. The predicted molar refractivity (Wildman–Crippen MR) is 139 cm³/mol. The lowest BCUT2D eigenvalue weighted by Crippen LogP contribution is -2.29. The molecule has 0 fully saturated rings. The van der Waals surface area contributed by atoms with Crippen molar-refractivity contribution in [1.82, 2.24) is 5.32 Å². The van der Waals surface area contributed by atoms with E-state index in [4.69, 9.17) is 14.3 Å². The predicted octanol–water partition coefficient (Wildman–Crippen LogP) is 5.66. The second-order valence-corrected chi connectivity index (χ2v) is 10.2. The van der Waals surface area contributed by atoms with Gasteiger partial charge in [-0.2, -0.15) is 0 Å². The van der Waals surface area contributed by atoms with Gasteiger partial charge in [0.1, 0.15) is 30.2 Å². The Morgan fingerprint density at radius 3 is 2.28 bits per heavy atom. The summed E-state index contributed by atoms with van der Waals surface area (Å²) in [5.74, 6) is -0.0556. The summed E-state index contributed by atoms with van der Waals surface area (Å²) in [6.45, 7) is 11.4. The number of Topliss-reactive ketones (excluding diaryl/α,β-unsaturated/α-hetero) is 1. The molecule has 3 rings (SSSR count). The summed E-state index contributed by atoms with van der Waals surface area (Å²) in [5, 5.41) is 12.0. The van der Waals surface area contributed by atoms with Crippen LogP contribution >= 0.6 is 0 Å². The van der Waals surface area contributed by atoms with Gasteiger partial charge in [0.05, 0.1) is 5.41 Å². The van der Waals surface area contributed by atoms with Gasteiger partial charge < -0.3 is 19.6 Å². The summed E-state index contributed by atoms with van der Waals surface area (Å²) in [6.07, 6.45) is 1.58. The number of aliphatic carboxylic acids is 1. The molecule has 0 saturated carbocycles. The van der Waals surface area contributed by atoms with Crippen molar-refractivity contribution in [3.05, 3.63) is 64.9 Å². The molecular formula is C29H35NO6. The van der Waals surface area contributed by atoms with Crippen molar-refractivity contribution in [2.24, 2.45) is 5.41 Å². The molecule has 36 heavy (non-hydrogen) atoms. The molecular weight excluding hydrogens is 458 g/mol. The largest absolute Gasteiger partial charge is 0.486 e. The molecule has 0 aliphatic heterocycles. The van der Waals surface area contributed by atoms with Crippen LogP contribution < -0.4 is 10.1 Å². The number of ketones is 1. The Bertz CT molecular complexity index is 1280. The summed E-state index contributed by atoms with van der Waals surface area (Å²) < 4.78 is 12.1. The maximum atomic E-state index is 12.3. The van der Waals surface area contributed by atoms with E-state index in [1.807, 2.05) is 52.0 Å². The molecule has 192 valence electrons. The van der Waals surface area contributed by atoms with E-state index < -0.39 is 29.3 Å². The smallest absolute Gasteiger partial charge is 0.322 e. The minimum atomic E-state index is -1.10. The molecule has 0 aliphatic carbocycles. The number of ether oxygens (including phenoxy) is 1. The van der Waals surface area contributed by atoms with E-state index in [1.54, 1.807) is 12.1 Å². The Morgan fingerprint density at radius 1 is 1.00 bits per heavy atom. The number of carbonyl (C=O) groups is 3. The van der Waals surface area contributed by atoms with Crippen LogP contribution in [-0.2, 0) is 15.0 Å². The van der Waals surface area contributed by atoms with Crippen molar-refractivity contribution in [2.45, 2.75) is 59.8 Å². The minimum Gasteiger partial charge on any atom is -0.486 e. The van der Waals surface area contributed by atoms with Crippen molar-refractivity contribution in [3.63, 3.8) is 0 Å². The van der Waals surface area contributed by atoms with Gasteiger partial charge in [0, 0.05) is 16.4 Å². The van der Waals surface area contributed by atoms with E-state index in [0.717, 1.165) is 35.1 Å². The number of carboxylic acid groups (broad SMARTS) is 1. The zero-order valence-corrected chi connectivity index (χ0v) is 21.9. The molecule has 0 radical (unpaired) electrons. The first kappa shape index (κ1) is 27.0. The quantitative estimate of drug-likeness (QED) is 0.378. The third-order valence-corrected chi connectivity index (χ3v) is 6.78. The van der Waals surface area contributed by atoms with Crippen molar-refractivity contribution in [2.75, 3.05) is 13.2 Å². The van der Waals surface area contributed by atoms with Gasteiger partial charge in [-0.3, -0.25) is 14.4 Å². The van der Waals surface area contributed by atoms with E-state index in [9.17, 15) is 14.4 Å². The molecule has 0 bridgehead atoms. The monoisotopic (exact) mass is 493 g/mol. The Hall–Kier alpha value is -3.61. The van der Waals surface area contributed by atoms with Crippen LogP contribution in [0, 0.1) is 12.3 Å². The zero-order chi connectivity index (χ0) is 26.7. The maximum Gasteiger partial charge on any atom is 0.322 e. The number of aryl methyl sites for hydroxylation is 1. The number of hydrogen-bond acceptors (Lipinski definition) is 5. The zero-order valence-electron chi connectivity index (χ0n) is 21.9. The number of hydrogen-bond donors (Lipinski definition) is 2. The lowest BCUT2D eigenvalue weighted by Gasteiger charge is -2.31. The second kappa shape index (κ2) is 10.6. The number of carboxylic acids is 1. The van der Waals surface area contributed by atoms with Gasteiger partial charge in [-0.15, -0.1) is 0 Å². The van der Waals surface area contributed by atoms with Crippen LogP contribution in [0.25, 0.3) is 11.0 Å². The summed E-state index contributed by atoms with van der Waals surface area (Å²) in [5.41, 5.74) is 2.08. The van der Waals surface area contributed by atoms with Gasteiger partial charge in [0.15, 0.2) is 5.78 Å². The molecule has 7 heteroatoms. The number of benzene rings is 2. The minimum absolute atomic E-state index is 0.0301. The highest BCUT2D eigenvalue weighted by molar-refractivity contribution is 5.98. The van der Waals surface area contributed by atoms with Crippen LogP contribution in [0.2, 0.25) is 0 Å². The molecule has 0 unspecified atom stereocenters. The molecule has 2 N–H and O–H groups in total. The number of furan rings is 1. The van der Waals surface area contributed by atoms with Crippen molar-refractivity contribution >= 4 is 28.6 Å². The van der Waals surface area contributed by atoms with Crippen LogP contribution in [0.5, 0.6) is 5.75 Å². The third kappa shape index (κ3) is 5.61. The topological polar surface area (TPSA) is 106 Å². The van der Waals surface area contributed by atoms with E-state index >= 15 is 0 Å². The third-order valence-electron chi connectivity index (χ3n) is 6.78. The van der Waals surface area contributed by atoms with Crippen LogP contribution in [0.3, 0.4) is 0 Å². The van der Waals surface area contributed by atoms with E-state index in [0.29, 0.717) is 16.9 Å². The van der Waals surface area contributed by atoms with E-state index in [1.165, 1.54) is 0 Å². The molecule has 2 aromatic carbocycles. The van der Waals surface area contributed by atoms with Gasteiger partial charge >= 0.3 is 5.97 Å². The summed E-state index contributed by atoms with van der Waals surface area (Å²) in [4.78, 5) is 35.3. The van der Waals surface area contributed by atoms with Crippen molar-refractivity contribution < 1.29 is 28.6 Å². The first-order valence-corrected chi connectivity index (χ1v) is 12.2. The normalized spacial score (nSPS) is 11.9. The highest BCUT2D eigenvalue weighted by Crippen LogP contribution is 2.42.